The van der Waals surface area contributed by atoms with Crippen LogP contribution in [0.1, 0.15) is 31.0 Å². The van der Waals surface area contributed by atoms with Crippen LogP contribution in [0.2, 0.25) is 5.02 Å². The molecule has 3 aromatic rings. The topological polar surface area (TPSA) is 76.1 Å². The molecule has 0 spiro atoms. The average molecular weight is 478 g/mol. The van der Waals surface area contributed by atoms with Gasteiger partial charge in [0.15, 0.2) is 0 Å². The number of aliphatic hydroxyl groups is 1. The van der Waals surface area contributed by atoms with E-state index in [2.05, 4.69) is 0 Å². The van der Waals surface area contributed by atoms with Crippen LogP contribution in [0.4, 0.5) is 5.69 Å². The van der Waals surface area contributed by atoms with Gasteiger partial charge in [0, 0.05) is 16.3 Å². The van der Waals surface area contributed by atoms with Gasteiger partial charge in [-0.05, 0) is 61.9 Å². The molecule has 0 aliphatic carbocycles. The van der Waals surface area contributed by atoms with Gasteiger partial charge in [-0.3, -0.25) is 14.5 Å². The fourth-order valence-corrected chi connectivity index (χ4v) is 4.19. The van der Waals surface area contributed by atoms with Crippen LogP contribution < -0.4 is 14.4 Å². The van der Waals surface area contributed by atoms with E-state index in [9.17, 15) is 14.7 Å². The van der Waals surface area contributed by atoms with E-state index >= 15 is 0 Å². The van der Waals surface area contributed by atoms with Crippen molar-refractivity contribution in [1.29, 1.82) is 0 Å². The number of Topliss-reactive ketones (excluding diaryl/α,β-unsaturated/α-hetero) is 1. The van der Waals surface area contributed by atoms with Gasteiger partial charge in [0.25, 0.3) is 11.7 Å². The highest BCUT2D eigenvalue weighted by Gasteiger charge is 2.47. The minimum absolute atomic E-state index is 0.0113. The van der Waals surface area contributed by atoms with Crippen LogP contribution in [0.25, 0.3) is 5.76 Å². The van der Waals surface area contributed by atoms with E-state index < -0.39 is 17.7 Å². The molecule has 174 valence electrons. The molecule has 1 fully saturated rings. The SMILES string of the molecule is CCOc1ccc(C2/C(=C(\O)c3cccc(OCC)c3)C(=O)C(=O)N2c2cccc(Cl)c2)cc1. The van der Waals surface area contributed by atoms with Gasteiger partial charge in [0.2, 0.25) is 0 Å². The van der Waals surface area contributed by atoms with Crippen molar-refractivity contribution in [3.8, 4) is 11.5 Å². The van der Waals surface area contributed by atoms with Crippen LogP contribution in [0.3, 0.4) is 0 Å². The highest BCUT2D eigenvalue weighted by Crippen LogP contribution is 2.43. The molecule has 4 rings (SSSR count). The number of benzene rings is 3. The van der Waals surface area contributed by atoms with E-state index in [0.717, 1.165) is 0 Å². The van der Waals surface area contributed by atoms with E-state index in [1.54, 1.807) is 72.8 Å². The van der Waals surface area contributed by atoms with Crippen molar-refractivity contribution in [2.24, 2.45) is 0 Å². The maximum atomic E-state index is 13.3. The molecule has 0 saturated carbocycles. The molecule has 1 amide bonds. The van der Waals surface area contributed by atoms with Crippen LogP contribution in [-0.2, 0) is 9.59 Å². The highest BCUT2D eigenvalue weighted by atomic mass is 35.5. The summed E-state index contributed by atoms with van der Waals surface area (Å²) in [6.07, 6.45) is 0. The molecule has 1 aliphatic heterocycles. The van der Waals surface area contributed by atoms with E-state index in [-0.39, 0.29) is 11.3 Å². The first-order chi connectivity index (χ1) is 16.4. The summed E-state index contributed by atoms with van der Waals surface area (Å²) in [5.74, 6) is -0.589. The number of carbonyl (C=O) groups excluding carboxylic acids is 2. The third kappa shape index (κ3) is 4.50. The summed E-state index contributed by atoms with van der Waals surface area (Å²) in [6.45, 7) is 4.71. The quantitative estimate of drug-likeness (QED) is 0.266. The molecule has 3 aromatic carbocycles. The molecule has 7 heteroatoms. The maximum absolute atomic E-state index is 13.3. The Balaban J connectivity index is 1.89. The Bertz CT molecular complexity index is 1250. The molecule has 0 bridgehead atoms. The van der Waals surface area contributed by atoms with E-state index in [1.807, 2.05) is 13.8 Å². The first-order valence-corrected chi connectivity index (χ1v) is 11.3. The number of amides is 1. The van der Waals surface area contributed by atoms with Crippen LogP contribution in [0, 0.1) is 0 Å². The molecular weight excluding hydrogens is 454 g/mol. The molecule has 1 N–H and O–H groups in total. The minimum Gasteiger partial charge on any atom is -0.507 e. The number of halogens is 1. The number of rotatable bonds is 7. The first-order valence-electron chi connectivity index (χ1n) is 11.0. The Morgan fingerprint density at radius 2 is 1.59 bits per heavy atom. The van der Waals surface area contributed by atoms with Gasteiger partial charge in [-0.1, -0.05) is 41.9 Å². The Labute approximate surface area is 203 Å². The predicted molar refractivity (Wildman–Crippen MR) is 131 cm³/mol. The third-order valence-electron chi connectivity index (χ3n) is 5.46. The molecule has 1 aliphatic rings. The number of ketones is 1. The molecule has 1 saturated heterocycles. The summed E-state index contributed by atoms with van der Waals surface area (Å²) in [6, 6.07) is 19.7. The zero-order valence-electron chi connectivity index (χ0n) is 18.8. The number of ether oxygens (including phenoxy) is 2. The van der Waals surface area contributed by atoms with Gasteiger partial charge < -0.3 is 14.6 Å². The lowest BCUT2D eigenvalue weighted by atomic mass is 9.95. The maximum Gasteiger partial charge on any atom is 0.300 e. The predicted octanol–water partition coefficient (Wildman–Crippen LogP) is 5.76. The lowest BCUT2D eigenvalue weighted by Gasteiger charge is -2.25. The Hall–Kier alpha value is -3.77. The second kappa shape index (κ2) is 10.0. The molecule has 0 radical (unpaired) electrons. The number of aliphatic hydroxyl groups excluding tert-OH is 1. The minimum atomic E-state index is -0.857. The van der Waals surface area contributed by atoms with Crippen LogP contribution >= 0.6 is 11.6 Å². The molecule has 34 heavy (non-hydrogen) atoms. The second-order valence-corrected chi connectivity index (χ2v) is 8.05. The van der Waals surface area contributed by atoms with Crippen molar-refractivity contribution in [2.75, 3.05) is 18.1 Å². The number of hydrogen-bond acceptors (Lipinski definition) is 5. The van der Waals surface area contributed by atoms with E-state index in [0.29, 0.717) is 46.5 Å². The second-order valence-electron chi connectivity index (χ2n) is 7.61. The van der Waals surface area contributed by atoms with Crippen molar-refractivity contribution >= 4 is 34.7 Å². The van der Waals surface area contributed by atoms with Crippen LogP contribution in [0.15, 0.2) is 78.4 Å². The van der Waals surface area contributed by atoms with Gasteiger partial charge in [-0.25, -0.2) is 0 Å². The number of carbonyl (C=O) groups is 2. The standard InChI is InChI=1S/C27H24ClNO5/c1-3-33-21-13-11-17(12-14-21)24-23(25(30)18-7-5-10-22(15-18)34-4-2)26(31)27(32)29(24)20-9-6-8-19(28)16-20/h5-16,24,30H,3-4H2,1-2H3/b25-23+. The van der Waals surface area contributed by atoms with Crippen molar-refractivity contribution < 1.29 is 24.2 Å². The molecule has 1 atom stereocenters. The fourth-order valence-electron chi connectivity index (χ4n) is 4.01. The fraction of sp³-hybridized carbons (Fsp3) is 0.185. The van der Waals surface area contributed by atoms with Crippen molar-refractivity contribution in [3.05, 3.63) is 94.5 Å². The van der Waals surface area contributed by atoms with Crippen LogP contribution in [0.5, 0.6) is 11.5 Å². The first kappa shape index (κ1) is 23.4. The third-order valence-corrected chi connectivity index (χ3v) is 5.69. The summed E-state index contributed by atoms with van der Waals surface area (Å²) in [7, 11) is 0. The molecule has 1 unspecified atom stereocenters. The van der Waals surface area contributed by atoms with Crippen molar-refractivity contribution in [1.82, 2.24) is 0 Å². The molecule has 6 nitrogen and oxygen atoms in total. The van der Waals surface area contributed by atoms with Crippen molar-refractivity contribution in [2.45, 2.75) is 19.9 Å². The van der Waals surface area contributed by atoms with Gasteiger partial charge in [0.05, 0.1) is 24.8 Å². The van der Waals surface area contributed by atoms with Crippen molar-refractivity contribution in [3.63, 3.8) is 0 Å². The Morgan fingerprint density at radius 1 is 0.912 bits per heavy atom. The largest absolute Gasteiger partial charge is 0.507 e. The summed E-state index contributed by atoms with van der Waals surface area (Å²) < 4.78 is 11.1. The van der Waals surface area contributed by atoms with E-state index in [4.69, 9.17) is 21.1 Å². The van der Waals surface area contributed by atoms with E-state index in [1.165, 1.54) is 4.90 Å². The lowest BCUT2D eigenvalue weighted by Crippen LogP contribution is -2.29. The number of hydrogen-bond donors (Lipinski definition) is 1. The van der Waals surface area contributed by atoms with Gasteiger partial charge in [-0.15, -0.1) is 0 Å². The van der Waals surface area contributed by atoms with Gasteiger partial charge in [-0.2, -0.15) is 0 Å². The number of anilines is 1. The zero-order valence-corrected chi connectivity index (χ0v) is 19.6. The zero-order chi connectivity index (χ0) is 24.2. The van der Waals surface area contributed by atoms with Gasteiger partial charge in [0.1, 0.15) is 17.3 Å². The van der Waals surface area contributed by atoms with Gasteiger partial charge >= 0.3 is 0 Å². The highest BCUT2D eigenvalue weighted by molar-refractivity contribution is 6.51. The summed E-state index contributed by atoms with van der Waals surface area (Å²) in [4.78, 5) is 27.8. The molecule has 0 aromatic heterocycles. The molecule has 1 heterocycles. The summed E-state index contributed by atoms with van der Waals surface area (Å²) in [5, 5.41) is 11.7. The normalized spacial score (nSPS) is 17.1. The summed E-state index contributed by atoms with van der Waals surface area (Å²) in [5.41, 5.74) is 1.47. The Kier molecular flexibility index (Phi) is 6.89. The number of nitrogens with zero attached hydrogens (tertiary/aromatic N) is 1. The summed E-state index contributed by atoms with van der Waals surface area (Å²) >= 11 is 6.18. The smallest absolute Gasteiger partial charge is 0.300 e. The lowest BCUT2D eigenvalue weighted by molar-refractivity contribution is -0.132. The molecular formula is C27H24ClNO5. The Morgan fingerprint density at radius 3 is 2.26 bits per heavy atom. The van der Waals surface area contributed by atoms with Crippen LogP contribution in [-0.4, -0.2) is 30.0 Å². The average Bonchev–Trinajstić information content (AvgIpc) is 3.10. The monoisotopic (exact) mass is 477 g/mol.